The highest BCUT2D eigenvalue weighted by molar-refractivity contribution is 6.37. The summed E-state index contributed by atoms with van der Waals surface area (Å²) in [5, 5.41) is 3.20. The Kier molecular flexibility index (Phi) is 5.31. The number of carbonyl (C=O) groups excluding carboxylic acids is 2. The van der Waals surface area contributed by atoms with E-state index in [0.717, 1.165) is 16.8 Å². The Balaban J connectivity index is 2.14. The zero-order chi connectivity index (χ0) is 19.6. The molecular formula is C22H24N2O3. The summed E-state index contributed by atoms with van der Waals surface area (Å²) in [5.74, 6) is -0.0353. The normalized spacial score (nSPS) is 14.1. The molecule has 2 amide bonds. The first-order valence-electron chi connectivity index (χ1n) is 9.05. The minimum absolute atomic E-state index is 0.293. The lowest BCUT2D eigenvalue weighted by Gasteiger charge is -2.14. The molecule has 0 spiro atoms. The molecule has 0 bridgehead atoms. The van der Waals surface area contributed by atoms with Gasteiger partial charge in [0.15, 0.2) is 0 Å². The van der Waals surface area contributed by atoms with E-state index in [1.54, 1.807) is 19.2 Å². The van der Waals surface area contributed by atoms with Crippen molar-refractivity contribution < 1.29 is 14.3 Å². The molecule has 0 aliphatic carbocycles. The minimum atomic E-state index is -0.304. The maximum absolute atomic E-state index is 13.1. The molecule has 0 fully saturated rings. The number of rotatable bonds is 6. The number of nitrogens with zero attached hydrogens (tertiary/aromatic N) is 1. The van der Waals surface area contributed by atoms with Gasteiger partial charge in [-0.25, -0.2) is 0 Å². The highest BCUT2D eigenvalue weighted by Gasteiger charge is 2.39. The van der Waals surface area contributed by atoms with Crippen LogP contribution in [0.15, 0.2) is 48.2 Å². The van der Waals surface area contributed by atoms with Gasteiger partial charge in [0.1, 0.15) is 11.4 Å². The molecule has 2 aromatic carbocycles. The van der Waals surface area contributed by atoms with Crippen molar-refractivity contribution in [3.63, 3.8) is 0 Å². The number of ether oxygens (including phenoxy) is 1. The van der Waals surface area contributed by atoms with Gasteiger partial charge in [0, 0.05) is 17.8 Å². The summed E-state index contributed by atoms with van der Waals surface area (Å²) in [5.41, 5.74) is 4.21. The third-order valence-corrected chi connectivity index (χ3v) is 4.48. The number of imide groups is 1. The molecule has 0 saturated heterocycles. The molecule has 1 heterocycles. The Hall–Kier alpha value is -3.08. The largest absolute Gasteiger partial charge is 0.496 e. The molecule has 3 rings (SSSR count). The quantitative estimate of drug-likeness (QED) is 0.790. The number of aryl methyl sites for hydroxylation is 2. The number of nitrogens with one attached hydrogen (secondary N) is 1. The molecule has 0 atom stereocenters. The standard InChI is InChI=1S/C22H24N2O3/c1-5-10-24-21(25)19(17-8-6-7-9-18(17)27-4)20(22(24)26)23-16-12-14(2)11-15(3)13-16/h6-9,11-13,23H,5,10H2,1-4H3. The number of hydrogen-bond donors (Lipinski definition) is 1. The lowest BCUT2D eigenvalue weighted by molar-refractivity contribution is -0.136. The van der Waals surface area contributed by atoms with Crippen LogP contribution in [0.5, 0.6) is 5.75 Å². The molecule has 140 valence electrons. The SMILES string of the molecule is CCCN1C(=O)C(Nc2cc(C)cc(C)c2)=C(c2ccccc2OC)C1=O. The second kappa shape index (κ2) is 7.66. The summed E-state index contributed by atoms with van der Waals surface area (Å²) in [6.45, 7) is 6.32. The third-order valence-electron chi connectivity index (χ3n) is 4.48. The van der Waals surface area contributed by atoms with Crippen molar-refractivity contribution in [2.75, 3.05) is 19.0 Å². The summed E-state index contributed by atoms with van der Waals surface area (Å²) < 4.78 is 5.43. The maximum atomic E-state index is 13.1. The molecule has 0 aromatic heterocycles. The zero-order valence-corrected chi connectivity index (χ0v) is 16.1. The van der Waals surface area contributed by atoms with Crippen LogP contribution in [0, 0.1) is 13.8 Å². The van der Waals surface area contributed by atoms with Gasteiger partial charge >= 0.3 is 0 Å². The minimum Gasteiger partial charge on any atom is -0.496 e. The predicted octanol–water partition coefficient (Wildman–Crippen LogP) is 3.91. The highest BCUT2D eigenvalue weighted by Crippen LogP contribution is 2.35. The fourth-order valence-corrected chi connectivity index (χ4v) is 3.41. The van der Waals surface area contributed by atoms with Crippen LogP contribution in [0.25, 0.3) is 5.57 Å². The number of methoxy groups -OCH3 is 1. The smallest absolute Gasteiger partial charge is 0.278 e. The molecule has 1 N–H and O–H groups in total. The van der Waals surface area contributed by atoms with Crippen LogP contribution in [0.2, 0.25) is 0 Å². The van der Waals surface area contributed by atoms with Crippen molar-refractivity contribution in [2.24, 2.45) is 0 Å². The number of carbonyl (C=O) groups is 2. The van der Waals surface area contributed by atoms with Crippen molar-refractivity contribution in [3.8, 4) is 5.75 Å². The van der Waals surface area contributed by atoms with E-state index in [4.69, 9.17) is 4.74 Å². The Morgan fingerprint density at radius 1 is 1.00 bits per heavy atom. The average molecular weight is 364 g/mol. The molecule has 1 aliphatic rings. The van der Waals surface area contributed by atoms with E-state index in [0.29, 0.717) is 35.5 Å². The third kappa shape index (κ3) is 3.58. The first-order valence-corrected chi connectivity index (χ1v) is 9.05. The summed E-state index contributed by atoms with van der Waals surface area (Å²) >= 11 is 0. The second-order valence-corrected chi connectivity index (χ2v) is 6.71. The topological polar surface area (TPSA) is 58.6 Å². The van der Waals surface area contributed by atoms with Gasteiger partial charge in [-0.15, -0.1) is 0 Å². The van der Waals surface area contributed by atoms with Crippen LogP contribution in [0.1, 0.15) is 30.0 Å². The molecule has 5 heteroatoms. The van der Waals surface area contributed by atoms with Crippen LogP contribution in [-0.2, 0) is 9.59 Å². The van der Waals surface area contributed by atoms with Crippen LogP contribution in [0.4, 0.5) is 5.69 Å². The number of amides is 2. The number of para-hydroxylation sites is 1. The Bertz CT molecular complexity index is 911. The Morgan fingerprint density at radius 2 is 1.67 bits per heavy atom. The molecular weight excluding hydrogens is 340 g/mol. The fourth-order valence-electron chi connectivity index (χ4n) is 3.41. The van der Waals surface area contributed by atoms with Crippen LogP contribution < -0.4 is 10.1 Å². The maximum Gasteiger partial charge on any atom is 0.278 e. The van der Waals surface area contributed by atoms with Crippen molar-refractivity contribution in [1.82, 2.24) is 4.90 Å². The van der Waals surface area contributed by atoms with Crippen LogP contribution >= 0.6 is 0 Å². The predicted molar refractivity (Wildman–Crippen MR) is 106 cm³/mol. The summed E-state index contributed by atoms with van der Waals surface area (Å²) in [6.07, 6.45) is 0.702. The first kappa shape index (κ1) is 18.7. The molecule has 27 heavy (non-hydrogen) atoms. The second-order valence-electron chi connectivity index (χ2n) is 6.71. The van der Waals surface area contributed by atoms with Crippen molar-refractivity contribution >= 4 is 23.1 Å². The lowest BCUT2D eigenvalue weighted by atomic mass is 10.0. The lowest BCUT2D eigenvalue weighted by Crippen LogP contribution is -2.33. The van der Waals surface area contributed by atoms with Crippen molar-refractivity contribution in [2.45, 2.75) is 27.2 Å². The fraction of sp³-hybridized carbons (Fsp3) is 0.273. The van der Waals surface area contributed by atoms with Crippen molar-refractivity contribution in [3.05, 3.63) is 64.9 Å². The van der Waals surface area contributed by atoms with Gasteiger partial charge in [0.25, 0.3) is 11.8 Å². The van der Waals surface area contributed by atoms with Crippen LogP contribution in [0.3, 0.4) is 0 Å². The van der Waals surface area contributed by atoms with Gasteiger partial charge in [-0.2, -0.15) is 0 Å². The molecule has 0 saturated carbocycles. The molecule has 0 unspecified atom stereocenters. The van der Waals surface area contributed by atoms with E-state index in [9.17, 15) is 9.59 Å². The highest BCUT2D eigenvalue weighted by atomic mass is 16.5. The molecule has 0 radical (unpaired) electrons. The van der Waals surface area contributed by atoms with E-state index in [1.807, 2.05) is 45.0 Å². The van der Waals surface area contributed by atoms with Gasteiger partial charge in [0.2, 0.25) is 0 Å². The Labute approximate surface area is 159 Å². The number of benzene rings is 2. The van der Waals surface area contributed by atoms with Gasteiger partial charge < -0.3 is 10.1 Å². The summed E-state index contributed by atoms with van der Waals surface area (Å²) in [6, 6.07) is 13.2. The number of anilines is 1. The zero-order valence-electron chi connectivity index (χ0n) is 16.1. The van der Waals surface area contributed by atoms with Gasteiger partial charge in [-0.3, -0.25) is 14.5 Å². The molecule has 1 aliphatic heterocycles. The average Bonchev–Trinajstić information content (AvgIpc) is 2.85. The van der Waals surface area contributed by atoms with Gasteiger partial charge in [-0.05, 0) is 49.6 Å². The monoisotopic (exact) mass is 364 g/mol. The van der Waals surface area contributed by atoms with Crippen molar-refractivity contribution in [1.29, 1.82) is 0 Å². The molecule has 5 nitrogen and oxygen atoms in total. The van der Waals surface area contributed by atoms with Crippen LogP contribution in [-0.4, -0.2) is 30.4 Å². The first-order chi connectivity index (χ1) is 13.0. The van der Waals surface area contributed by atoms with E-state index in [2.05, 4.69) is 11.4 Å². The summed E-state index contributed by atoms with van der Waals surface area (Å²) in [4.78, 5) is 27.4. The van der Waals surface area contributed by atoms with Gasteiger partial charge in [0.05, 0.1) is 12.7 Å². The van der Waals surface area contributed by atoms with E-state index in [-0.39, 0.29) is 11.8 Å². The van der Waals surface area contributed by atoms with E-state index in [1.165, 1.54) is 4.90 Å². The number of hydrogen-bond acceptors (Lipinski definition) is 4. The van der Waals surface area contributed by atoms with E-state index < -0.39 is 0 Å². The molecule has 2 aromatic rings. The Morgan fingerprint density at radius 3 is 2.30 bits per heavy atom. The van der Waals surface area contributed by atoms with E-state index >= 15 is 0 Å². The summed E-state index contributed by atoms with van der Waals surface area (Å²) in [7, 11) is 1.56. The van der Waals surface area contributed by atoms with Gasteiger partial charge in [-0.1, -0.05) is 31.2 Å².